The van der Waals surface area contributed by atoms with E-state index in [2.05, 4.69) is 15.0 Å². The van der Waals surface area contributed by atoms with Gasteiger partial charge in [0.25, 0.3) is 0 Å². The van der Waals surface area contributed by atoms with Crippen molar-refractivity contribution < 1.29 is 5.11 Å². The summed E-state index contributed by atoms with van der Waals surface area (Å²) in [7, 11) is 5.59. The third kappa shape index (κ3) is 4.80. The zero-order chi connectivity index (χ0) is 13.9. The van der Waals surface area contributed by atoms with Crippen molar-refractivity contribution in [1.82, 2.24) is 19.9 Å². The lowest BCUT2D eigenvalue weighted by atomic mass is 10.1. The van der Waals surface area contributed by atoms with Crippen LogP contribution < -0.4 is 10.6 Å². The maximum atomic E-state index is 9.74. The van der Waals surface area contributed by atoms with Crippen LogP contribution in [0.2, 0.25) is 0 Å². The second-order valence-electron chi connectivity index (χ2n) is 5.29. The molecule has 0 fully saturated rings. The number of likely N-dealkylation sites (N-methyl/N-ethyl adjacent to an activating group) is 1. The van der Waals surface area contributed by atoms with Gasteiger partial charge in [0, 0.05) is 20.6 Å². The number of nitrogens with two attached hydrogens (primary N) is 1. The SMILES string of the molecule is CN(Cc1nc(N)nc(N(C)C)n1)CC(C)(C)O. The molecule has 1 heterocycles. The molecule has 3 N–H and O–H groups in total. The number of nitrogen functional groups attached to an aromatic ring is 1. The van der Waals surface area contributed by atoms with Crippen molar-refractivity contribution in [3.8, 4) is 0 Å². The van der Waals surface area contributed by atoms with Gasteiger partial charge in [-0.05, 0) is 20.9 Å². The number of nitrogens with zero attached hydrogens (tertiary/aromatic N) is 5. The Morgan fingerprint density at radius 1 is 1.17 bits per heavy atom. The molecule has 1 aromatic rings. The Balaban J connectivity index is 2.78. The summed E-state index contributed by atoms with van der Waals surface area (Å²) in [5.74, 6) is 1.34. The molecular formula is C11H22N6O. The van der Waals surface area contributed by atoms with Gasteiger partial charge in [-0.15, -0.1) is 0 Å². The largest absolute Gasteiger partial charge is 0.389 e. The zero-order valence-electron chi connectivity index (χ0n) is 11.7. The molecule has 1 rings (SSSR count). The Labute approximate surface area is 108 Å². The van der Waals surface area contributed by atoms with E-state index >= 15 is 0 Å². The molecule has 0 bridgehead atoms. The maximum Gasteiger partial charge on any atom is 0.229 e. The van der Waals surface area contributed by atoms with E-state index in [1.165, 1.54) is 0 Å². The summed E-state index contributed by atoms with van der Waals surface area (Å²) < 4.78 is 0. The van der Waals surface area contributed by atoms with E-state index < -0.39 is 5.60 Å². The molecule has 0 unspecified atom stereocenters. The van der Waals surface area contributed by atoms with Gasteiger partial charge < -0.3 is 15.7 Å². The second kappa shape index (κ2) is 5.45. The second-order valence-corrected chi connectivity index (χ2v) is 5.29. The van der Waals surface area contributed by atoms with Gasteiger partial charge in [0.05, 0.1) is 12.1 Å². The van der Waals surface area contributed by atoms with Crippen LogP contribution in [-0.4, -0.2) is 58.2 Å². The first-order chi connectivity index (χ1) is 8.17. The van der Waals surface area contributed by atoms with Crippen LogP contribution in [0.3, 0.4) is 0 Å². The Bertz CT molecular complexity index is 401. The van der Waals surface area contributed by atoms with E-state index in [0.717, 1.165) is 0 Å². The lowest BCUT2D eigenvalue weighted by Gasteiger charge is -2.25. The first-order valence-corrected chi connectivity index (χ1v) is 5.76. The Morgan fingerprint density at radius 2 is 1.78 bits per heavy atom. The molecule has 0 amide bonds. The molecular weight excluding hydrogens is 232 g/mol. The lowest BCUT2D eigenvalue weighted by molar-refractivity contribution is 0.0418. The summed E-state index contributed by atoms with van der Waals surface area (Å²) in [6, 6.07) is 0. The first-order valence-electron chi connectivity index (χ1n) is 5.76. The molecule has 0 saturated carbocycles. The normalized spacial score (nSPS) is 11.9. The van der Waals surface area contributed by atoms with Crippen LogP contribution in [-0.2, 0) is 6.54 Å². The van der Waals surface area contributed by atoms with Crippen LogP contribution in [0.15, 0.2) is 0 Å². The van der Waals surface area contributed by atoms with Crippen molar-refractivity contribution in [1.29, 1.82) is 0 Å². The molecule has 0 radical (unpaired) electrons. The van der Waals surface area contributed by atoms with Gasteiger partial charge in [0.15, 0.2) is 0 Å². The number of rotatable bonds is 5. The molecule has 1 aromatic heterocycles. The summed E-state index contributed by atoms with van der Waals surface area (Å²) in [4.78, 5) is 16.1. The molecule has 18 heavy (non-hydrogen) atoms. The fraction of sp³-hybridized carbons (Fsp3) is 0.727. The van der Waals surface area contributed by atoms with E-state index in [1.807, 2.05) is 26.0 Å². The standard InChI is InChI=1S/C11H22N6O/c1-11(2,18)7-17(5)6-8-13-9(12)15-10(14-8)16(3)4/h18H,6-7H2,1-5H3,(H2,12,13,14,15). The highest BCUT2D eigenvalue weighted by atomic mass is 16.3. The summed E-state index contributed by atoms with van der Waals surface area (Å²) in [6.07, 6.45) is 0. The highest BCUT2D eigenvalue weighted by Crippen LogP contribution is 2.09. The molecule has 0 aliphatic carbocycles. The van der Waals surface area contributed by atoms with Crippen molar-refractivity contribution in [3.05, 3.63) is 5.82 Å². The van der Waals surface area contributed by atoms with Crippen LogP contribution in [0.4, 0.5) is 11.9 Å². The molecule has 0 saturated heterocycles. The average molecular weight is 254 g/mol. The fourth-order valence-corrected chi connectivity index (χ4v) is 1.65. The topological polar surface area (TPSA) is 91.4 Å². The van der Waals surface area contributed by atoms with Crippen molar-refractivity contribution >= 4 is 11.9 Å². The molecule has 0 aliphatic heterocycles. The van der Waals surface area contributed by atoms with Crippen LogP contribution in [0.5, 0.6) is 0 Å². The highest BCUT2D eigenvalue weighted by Gasteiger charge is 2.17. The molecule has 0 aromatic carbocycles. The van der Waals surface area contributed by atoms with E-state index in [9.17, 15) is 5.11 Å². The minimum Gasteiger partial charge on any atom is -0.389 e. The van der Waals surface area contributed by atoms with Crippen LogP contribution in [0, 0.1) is 0 Å². The molecule has 0 aliphatic rings. The number of aromatic nitrogens is 3. The third-order valence-corrected chi connectivity index (χ3v) is 2.16. The molecule has 102 valence electrons. The Hall–Kier alpha value is -1.47. The predicted molar refractivity (Wildman–Crippen MR) is 71.2 cm³/mol. The molecule has 7 nitrogen and oxygen atoms in total. The lowest BCUT2D eigenvalue weighted by Crippen LogP contribution is -2.36. The quantitative estimate of drug-likeness (QED) is 0.746. The molecule has 7 heteroatoms. The van der Waals surface area contributed by atoms with Gasteiger partial charge in [-0.3, -0.25) is 4.90 Å². The van der Waals surface area contributed by atoms with Crippen LogP contribution in [0.1, 0.15) is 19.7 Å². The maximum absolute atomic E-state index is 9.74. The van der Waals surface area contributed by atoms with Gasteiger partial charge in [0.2, 0.25) is 11.9 Å². The summed E-state index contributed by atoms with van der Waals surface area (Å²) >= 11 is 0. The van der Waals surface area contributed by atoms with Gasteiger partial charge in [-0.25, -0.2) is 0 Å². The minimum absolute atomic E-state index is 0.209. The zero-order valence-corrected chi connectivity index (χ0v) is 11.7. The van der Waals surface area contributed by atoms with E-state index in [0.29, 0.717) is 24.9 Å². The Morgan fingerprint density at radius 3 is 2.28 bits per heavy atom. The first kappa shape index (κ1) is 14.6. The number of anilines is 2. The van der Waals surface area contributed by atoms with E-state index in [1.54, 1.807) is 18.7 Å². The van der Waals surface area contributed by atoms with Gasteiger partial charge in [-0.2, -0.15) is 15.0 Å². The number of hydrogen-bond donors (Lipinski definition) is 2. The van der Waals surface area contributed by atoms with Crippen molar-refractivity contribution in [2.24, 2.45) is 0 Å². The fourth-order valence-electron chi connectivity index (χ4n) is 1.65. The van der Waals surface area contributed by atoms with E-state index in [4.69, 9.17) is 5.73 Å². The summed E-state index contributed by atoms with van der Waals surface area (Å²) in [5.41, 5.74) is 4.89. The molecule has 0 spiro atoms. The van der Waals surface area contributed by atoms with Crippen molar-refractivity contribution in [2.45, 2.75) is 26.0 Å². The van der Waals surface area contributed by atoms with E-state index in [-0.39, 0.29) is 5.95 Å². The van der Waals surface area contributed by atoms with Gasteiger partial charge in [-0.1, -0.05) is 0 Å². The van der Waals surface area contributed by atoms with Crippen molar-refractivity contribution in [3.63, 3.8) is 0 Å². The van der Waals surface area contributed by atoms with Crippen LogP contribution in [0.25, 0.3) is 0 Å². The highest BCUT2D eigenvalue weighted by molar-refractivity contribution is 5.32. The van der Waals surface area contributed by atoms with Crippen molar-refractivity contribution in [2.75, 3.05) is 38.3 Å². The van der Waals surface area contributed by atoms with Gasteiger partial charge >= 0.3 is 0 Å². The molecule has 0 atom stereocenters. The smallest absolute Gasteiger partial charge is 0.229 e. The number of aliphatic hydroxyl groups is 1. The Kier molecular flexibility index (Phi) is 4.42. The monoisotopic (exact) mass is 254 g/mol. The predicted octanol–water partition coefficient (Wildman–Crippen LogP) is -0.277. The third-order valence-electron chi connectivity index (χ3n) is 2.16. The van der Waals surface area contributed by atoms with Crippen LogP contribution >= 0.6 is 0 Å². The van der Waals surface area contributed by atoms with Gasteiger partial charge in [0.1, 0.15) is 5.82 Å². The summed E-state index contributed by atoms with van der Waals surface area (Å²) in [5, 5.41) is 9.74. The summed E-state index contributed by atoms with van der Waals surface area (Å²) in [6.45, 7) is 4.56. The minimum atomic E-state index is -0.752. The average Bonchev–Trinajstić information content (AvgIpc) is 2.12. The number of hydrogen-bond acceptors (Lipinski definition) is 7.